The van der Waals surface area contributed by atoms with E-state index in [0.29, 0.717) is 5.69 Å². The van der Waals surface area contributed by atoms with Crippen molar-refractivity contribution in [3.63, 3.8) is 0 Å². The Morgan fingerprint density at radius 3 is 2.25 bits per heavy atom. The molecule has 3 aromatic carbocycles. The third kappa shape index (κ3) is 4.42. The van der Waals surface area contributed by atoms with Crippen LogP contribution in [-0.4, -0.2) is 37.5 Å². The molecular formula is C26H27N3O2S. The zero-order valence-electron chi connectivity index (χ0n) is 17.9. The van der Waals surface area contributed by atoms with Gasteiger partial charge in [0.2, 0.25) is 0 Å². The van der Waals surface area contributed by atoms with Gasteiger partial charge in [0.15, 0.2) is 0 Å². The van der Waals surface area contributed by atoms with Gasteiger partial charge in [0.25, 0.3) is 10.0 Å². The molecular weight excluding hydrogens is 418 g/mol. The molecule has 0 unspecified atom stereocenters. The maximum Gasteiger partial charge on any atom is 0.261 e. The van der Waals surface area contributed by atoms with Gasteiger partial charge >= 0.3 is 0 Å². The van der Waals surface area contributed by atoms with Gasteiger partial charge in [-0.15, -0.1) is 0 Å². The normalized spacial score (nSPS) is 14.8. The molecule has 1 N–H and O–H groups in total. The second-order valence-corrected chi connectivity index (χ2v) is 10.0. The van der Waals surface area contributed by atoms with Crippen LogP contribution in [0.1, 0.15) is 12.8 Å². The lowest BCUT2D eigenvalue weighted by Gasteiger charge is -2.15. The summed E-state index contributed by atoms with van der Waals surface area (Å²) in [5, 5.41) is 1.11. The first-order chi connectivity index (χ1) is 15.6. The summed E-state index contributed by atoms with van der Waals surface area (Å²) in [6, 6.07) is 24.7. The van der Waals surface area contributed by atoms with Crippen LogP contribution in [0.25, 0.3) is 22.0 Å². The van der Waals surface area contributed by atoms with E-state index in [4.69, 9.17) is 0 Å². The Hall–Kier alpha value is -3.09. The van der Waals surface area contributed by atoms with E-state index in [1.807, 2.05) is 60.7 Å². The zero-order chi connectivity index (χ0) is 22.0. The molecule has 5 rings (SSSR count). The van der Waals surface area contributed by atoms with Gasteiger partial charge in [0.05, 0.1) is 16.1 Å². The fourth-order valence-electron chi connectivity index (χ4n) is 4.37. The predicted molar refractivity (Wildman–Crippen MR) is 130 cm³/mol. The summed E-state index contributed by atoms with van der Waals surface area (Å²) >= 11 is 0. The number of anilines is 1. The summed E-state index contributed by atoms with van der Waals surface area (Å²) in [5.74, 6) is 0. The highest BCUT2D eigenvalue weighted by Gasteiger charge is 2.16. The fraction of sp³-hybridized carbons (Fsp3) is 0.231. The highest BCUT2D eigenvalue weighted by Crippen LogP contribution is 2.25. The van der Waals surface area contributed by atoms with Crippen molar-refractivity contribution in [2.75, 3.05) is 24.4 Å². The number of benzene rings is 3. The van der Waals surface area contributed by atoms with Crippen molar-refractivity contribution < 1.29 is 8.42 Å². The van der Waals surface area contributed by atoms with Crippen LogP contribution in [0, 0.1) is 0 Å². The summed E-state index contributed by atoms with van der Waals surface area (Å²) in [7, 11) is -3.67. The Kier molecular flexibility index (Phi) is 5.72. The Morgan fingerprint density at radius 2 is 1.50 bits per heavy atom. The quantitative estimate of drug-likeness (QED) is 0.425. The Morgan fingerprint density at radius 1 is 0.781 bits per heavy atom. The first kappa shape index (κ1) is 20.8. The maximum atomic E-state index is 13.0. The highest BCUT2D eigenvalue weighted by atomic mass is 32.2. The van der Waals surface area contributed by atoms with Gasteiger partial charge < -0.3 is 9.47 Å². The lowest BCUT2D eigenvalue weighted by Crippen LogP contribution is -2.23. The number of rotatable bonds is 7. The van der Waals surface area contributed by atoms with Gasteiger partial charge in [-0.2, -0.15) is 0 Å². The molecule has 6 heteroatoms. The van der Waals surface area contributed by atoms with Crippen molar-refractivity contribution >= 4 is 26.6 Å². The number of nitrogens with one attached hydrogen (secondary N) is 1. The van der Waals surface area contributed by atoms with E-state index in [-0.39, 0.29) is 4.90 Å². The van der Waals surface area contributed by atoms with Crippen molar-refractivity contribution in [1.29, 1.82) is 0 Å². The molecule has 1 aromatic heterocycles. The van der Waals surface area contributed by atoms with Crippen LogP contribution in [0.3, 0.4) is 0 Å². The number of likely N-dealkylation sites (tertiary alicyclic amines) is 1. The second-order valence-electron chi connectivity index (χ2n) is 8.33. The largest absolute Gasteiger partial charge is 0.346 e. The van der Waals surface area contributed by atoms with Crippen molar-refractivity contribution in [3.8, 4) is 11.1 Å². The third-order valence-corrected chi connectivity index (χ3v) is 7.55. The minimum atomic E-state index is -3.67. The van der Waals surface area contributed by atoms with Gasteiger partial charge in [-0.1, -0.05) is 48.5 Å². The van der Waals surface area contributed by atoms with Crippen molar-refractivity contribution in [1.82, 2.24) is 9.47 Å². The van der Waals surface area contributed by atoms with Crippen LogP contribution in [0.5, 0.6) is 0 Å². The second kappa shape index (κ2) is 8.81. The first-order valence-electron chi connectivity index (χ1n) is 11.1. The molecule has 2 heterocycles. The molecule has 32 heavy (non-hydrogen) atoms. The lowest BCUT2D eigenvalue weighted by molar-refractivity contribution is 0.324. The molecule has 1 aliphatic heterocycles. The molecule has 1 fully saturated rings. The number of sulfonamides is 1. The molecule has 164 valence electrons. The van der Waals surface area contributed by atoms with Crippen LogP contribution in [0.15, 0.2) is 90.0 Å². The van der Waals surface area contributed by atoms with Gasteiger partial charge in [-0.3, -0.25) is 4.72 Å². The van der Waals surface area contributed by atoms with Crippen LogP contribution in [0.2, 0.25) is 0 Å². The monoisotopic (exact) mass is 445 g/mol. The minimum Gasteiger partial charge on any atom is -0.346 e. The lowest BCUT2D eigenvalue weighted by atomic mass is 10.1. The molecule has 0 aliphatic carbocycles. The van der Waals surface area contributed by atoms with E-state index < -0.39 is 10.0 Å². The van der Waals surface area contributed by atoms with E-state index in [1.165, 1.54) is 25.9 Å². The van der Waals surface area contributed by atoms with E-state index in [9.17, 15) is 8.42 Å². The zero-order valence-corrected chi connectivity index (χ0v) is 18.8. The smallest absolute Gasteiger partial charge is 0.261 e. The number of aromatic nitrogens is 1. The maximum absolute atomic E-state index is 13.0. The van der Waals surface area contributed by atoms with E-state index in [1.54, 1.807) is 12.1 Å². The third-order valence-electron chi connectivity index (χ3n) is 6.15. The predicted octanol–water partition coefficient (Wildman–Crippen LogP) is 5.20. The molecule has 1 aliphatic rings. The molecule has 0 spiro atoms. The van der Waals surface area contributed by atoms with Gasteiger partial charge in [0.1, 0.15) is 0 Å². The molecule has 1 saturated heterocycles. The number of hydrogen-bond donors (Lipinski definition) is 1. The number of fused-ring (bicyclic) bond motifs is 1. The molecule has 0 saturated carbocycles. The summed E-state index contributed by atoms with van der Waals surface area (Å²) in [5.41, 5.74) is 3.67. The number of hydrogen-bond acceptors (Lipinski definition) is 3. The molecule has 4 aromatic rings. The topological polar surface area (TPSA) is 54.3 Å². The molecule has 0 amide bonds. The SMILES string of the molecule is O=S(=O)(Nc1ccc2ccn(CCN3CCCC3)c2c1)c1ccc(-c2ccccc2)cc1. The van der Waals surface area contributed by atoms with Crippen LogP contribution >= 0.6 is 0 Å². The minimum absolute atomic E-state index is 0.252. The van der Waals surface area contributed by atoms with Gasteiger partial charge in [-0.05, 0) is 72.8 Å². The number of nitrogens with zero attached hydrogens (tertiary/aromatic N) is 2. The molecule has 0 atom stereocenters. The van der Waals surface area contributed by atoms with Crippen molar-refractivity contribution in [2.45, 2.75) is 24.3 Å². The Labute approximate surface area is 189 Å². The summed E-state index contributed by atoms with van der Waals surface area (Å²) in [6.45, 7) is 4.27. The van der Waals surface area contributed by atoms with Crippen LogP contribution in [-0.2, 0) is 16.6 Å². The molecule has 0 radical (unpaired) electrons. The van der Waals surface area contributed by atoms with Crippen molar-refractivity contribution in [3.05, 3.63) is 85.1 Å². The average Bonchev–Trinajstić information content (AvgIpc) is 3.48. The average molecular weight is 446 g/mol. The van der Waals surface area contributed by atoms with E-state index in [2.05, 4.69) is 26.5 Å². The van der Waals surface area contributed by atoms with Gasteiger partial charge in [-0.25, -0.2) is 8.42 Å². The van der Waals surface area contributed by atoms with E-state index in [0.717, 1.165) is 35.1 Å². The van der Waals surface area contributed by atoms with Crippen molar-refractivity contribution in [2.24, 2.45) is 0 Å². The molecule has 5 nitrogen and oxygen atoms in total. The standard InChI is InChI=1S/C26H27N3O2S/c30-32(31,25-12-9-22(10-13-25)21-6-2-1-3-7-21)27-24-11-8-23-14-17-29(26(23)20-24)19-18-28-15-4-5-16-28/h1-3,6-14,17,20,27H,4-5,15-16,18-19H2. The fourth-order valence-corrected chi connectivity index (χ4v) is 5.42. The van der Waals surface area contributed by atoms with Crippen LogP contribution in [0.4, 0.5) is 5.69 Å². The Balaban J connectivity index is 1.34. The van der Waals surface area contributed by atoms with Gasteiger partial charge in [0, 0.05) is 19.3 Å². The Bertz CT molecular complexity index is 1310. The molecule has 0 bridgehead atoms. The highest BCUT2D eigenvalue weighted by molar-refractivity contribution is 7.92. The van der Waals surface area contributed by atoms with E-state index >= 15 is 0 Å². The summed E-state index contributed by atoms with van der Waals surface area (Å²) in [4.78, 5) is 2.74. The first-order valence-corrected chi connectivity index (χ1v) is 12.6. The summed E-state index contributed by atoms with van der Waals surface area (Å²) in [6.07, 6.45) is 4.65. The van der Waals surface area contributed by atoms with Crippen LogP contribution < -0.4 is 4.72 Å². The summed E-state index contributed by atoms with van der Waals surface area (Å²) < 4.78 is 30.9.